The van der Waals surface area contributed by atoms with E-state index in [4.69, 9.17) is 9.47 Å². The zero-order valence-electron chi connectivity index (χ0n) is 10.5. The van der Waals surface area contributed by atoms with Crippen molar-refractivity contribution >= 4 is 11.5 Å². The van der Waals surface area contributed by atoms with Gasteiger partial charge in [0.25, 0.3) is 0 Å². The Labute approximate surface area is 110 Å². The lowest BCUT2D eigenvalue weighted by atomic mass is 10.1. The van der Waals surface area contributed by atoms with Crippen LogP contribution in [0.15, 0.2) is 24.4 Å². The minimum atomic E-state index is 0.0361. The van der Waals surface area contributed by atoms with Crippen LogP contribution in [0.5, 0.6) is 11.5 Å². The molecule has 0 amide bonds. The molecule has 2 rings (SSSR count). The van der Waals surface area contributed by atoms with Gasteiger partial charge in [-0.15, -0.1) is 5.10 Å². The first kappa shape index (κ1) is 12.8. The summed E-state index contributed by atoms with van der Waals surface area (Å²) in [4.78, 5) is 1.05. The predicted octanol–water partition coefficient (Wildman–Crippen LogP) is 1.86. The molecule has 1 aromatic carbocycles. The molecular weight excluding hydrogens is 250 g/mol. The van der Waals surface area contributed by atoms with E-state index < -0.39 is 0 Å². The standard InChI is InChI=1S/C12H15N3O2S/c1-13-12(11-7-14-15-18-11)8-4-9(16-2)6-10(5-8)17-3/h4-7,12-13H,1-3H3. The summed E-state index contributed by atoms with van der Waals surface area (Å²) in [5, 5.41) is 7.11. The van der Waals surface area contributed by atoms with Gasteiger partial charge in [0.2, 0.25) is 0 Å². The van der Waals surface area contributed by atoms with Crippen molar-refractivity contribution in [1.82, 2.24) is 14.9 Å². The van der Waals surface area contributed by atoms with Gasteiger partial charge in [-0.2, -0.15) is 0 Å². The fourth-order valence-electron chi connectivity index (χ4n) is 1.77. The van der Waals surface area contributed by atoms with Gasteiger partial charge in [0, 0.05) is 6.07 Å². The summed E-state index contributed by atoms with van der Waals surface area (Å²) < 4.78 is 14.4. The Morgan fingerprint density at radius 3 is 2.28 bits per heavy atom. The molecule has 1 N–H and O–H groups in total. The van der Waals surface area contributed by atoms with Crippen molar-refractivity contribution in [1.29, 1.82) is 0 Å². The Bertz CT molecular complexity index is 480. The number of ether oxygens (including phenoxy) is 2. The molecule has 6 heteroatoms. The second-order valence-electron chi connectivity index (χ2n) is 3.69. The SMILES string of the molecule is CNC(c1cc(OC)cc(OC)c1)c1cnns1. The summed E-state index contributed by atoms with van der Waals surface area (Å²) in [5.41, 5.74) is 1.06. The molecule has 1 atom stereocenters. The van der Waals surface area contributed by atoms with Gasteiger partial charge in [-0.25, -0.2) is 0 Å². The maximum Gasteiger partial charge on any atom is 0.122 e. The van der Waals surface area contributed by atoms with Crippen molar-refractivity contribution in [2.45, 2.75) is 6.04 Å². The first-order chi connectivity index (χ1) is 8.78. The highest BCUT2D eigenvalue weighted by Crippen LogP contribution is 2.30. The predicted molar refractivity (Wildman–Crippen MR) is 70.4 cm³/mol. The van der Waals surface area contributed by atoms with Crippen LogP contribution in [0.2, 0.25) is 0 Å². The quantitative estimate of drug-likeness (QED) is 0.894. The molecule has 0 aliphatic heterocycles. The highest BCUT2D eigenvalue weighted by atomic mass is 32.1. The summed E-state index contributed by atoms with van der Waals surface area (Å²) >= 11 is 1.37. The molecule has 1 heterocycles. The zero-order valence-corrected chi connectivity index (χ0v) is 11.3. The molecule has 0 bridgehead atoms. The molecule has 0 saturated carbocycles. The van der Waals surface area contributed by atoms with Crippen LogP contribution < -0.4 is 14.8 Å². The summed E-state index contributed by atoms with van der Waals surface area (Å²) in [5.74, 6) is 1.53. The molecule has 96 valence electrons. The van der Waals surface area contributed by atoms with E-state index in [-0.39, 0.29) is 6.04 Å². The van der Waals surface area contributed by atoms with Crippen LogP contribution in [0.25, 0.3) is 0 Å². The average molecular weight is 265 g/mol. The van der Waals surface area contributed by atoms with Crippen molar-refractivity contribution in [3.8, 4) is 11.5 Å². The molecule has 0 spiro atoms. The van der Waals surface area contributed by atoms with Crippen LogP contribution in [0.4, 0.5) is 0 Å². The Morgan fingerprint density at radius 1 is 1.17 bits per heavy atom. The third-order valence-electron chi connectivity index (χ3n) is 2.66. The van der Waals surface area contributed by atoms with E-state index >= 15 is 0 Å². The fourth-order valence-corrected chi connectivity index (χ4v) is 2.41. The lowest BCUT2D eigenvalue weighted by molar-refractivity contribution is 0.392. The molecular formula is C12H15N3O2S. The first-order valence-electron chi connectivity index (χ1n) is 5.46. The van der Waals surface area contributed by atoms with Crippen LogP contribution in [-0.4, -0.2) is 30.9 Å². The van der Waals surface area contributed by atoms with Gasteiger partial charge in [0.05, 0.1) is 31.3 Å². The highest BCUT2D eigenvalue weighted by molar-refractivity contribution is 7.05. The van der Waals surface area contributed by atoms with Crippen LogP contribution in [-0.2, 0) is 0 Å². The zero-order chi connectivity index (χ0) is 13.0. The van der Waals surface area contributed by atoms with Crippen molar-refractivity contribution in [2.75, 3.05) is 21.3 Å². The lowest BCUT2D eigenvalue weighted by Crippen LogP contribution is -2.16. The van der Waals surface area contributed by atoms with Crippen LogP contribution >= 0.6 is 11.5 Å². The maximum atomic E-state index is 5.27. The van der Waals surface area contributed by atoms with Gasteiger partial charge in [0.15, 0.2) is 0 Å². The molecule has 1 aromatic heterocycles. The van der Waals surface area contributed by atoms with E-state index in [1.54, 1.807) is 20.4 Å². The number of hydrogen-bond acceptors (Lipinski definition) is 6. The van der Waals surface area contributed by atoms with E-state index in [1.165, 1.54) is 11.5 Å². The first-order valence-corrected chi connectivity index (χ1v) is 6.23. The van der Waals surface area contributed by atoms with Gasteiger partial charge in [-0.3, -0.25) is 0 Å². The Hall–Kier alpha value is -1.66. The minimum absolute atomic E-state index is 0.0361. The molecule has 18 heavy (non-hydrogen) atoms. The highest BCUT2D eigenvalue weighted by Gasteiger charge is 2.16. The molecule has 0 saturated heterocycles. The number of benzene rings is 1. The number of nitrogens with one attached hydrogen (secondary N) is 1. The van der Waals surface area contributed by atoms with Gasteiger partial charge in [0.1, 0.15) is 11.5 Å². The van der Waals surface area contributed by atoms with Crippen molar-refractivity contribution < 1.29 is 9.47 Å². The second-order valence-corrected chi connectivity index (χ2v) is 4.50. The number of aromatic nitrogens is 2. The minimum Gasteiger partial charge on any atom is -0.497 e. The van der Waals surface area contributed by atoms with Crippen LogP contribution in [0.1, 0.15) is 16.5 Å². The third-order valence-corrected chi connectivity index (χ3v) is 3.39. The summed E-state index contributed by atoms with van der Waals surface area (Å²) in [7, 11) is 5.18. The number of methoxy groups -OCH3 is 2. The van der Waals surface area contributed by atoms with E-state index in [0.717, 1.165) is 21.9 Å². The average Bonchev–Trinajstić information content (AvgIpc) is 2.93. The Balaban J connectivity index is 2.41. The molecule has 0 radical (unpaired) electrons. The van der Waals surface area contributed by atoms with Gasteiger partial charge < -0.3 is 14.8 Å². The Kier molecular flexibility index (Phi) is 4.11. The van der Waals surface area contributed by atoms with Gasteiger partial charge >= 0.3 is 0 Å². The summed E-state index contributed by atoms with van der Waals surface area (Å²) in [6.45, 7) is 0. The van der Waals surface area contributed by atoms with E-state index in [9.17, 15) is 0 Å². The molecule has 5 nitrogen and oxygen atoms in total. The fraction of sp³-hybridized carbons (Fsp3) is 0.333. The van der Waals surface area contributed by atoms with Crippen molar-refractivity contribution in [2.24, 2.45) is 0 Å². The number of hydrogen-bond donors (Lipinski definition) is 1. The van der Waals surface area contributed by atoms with Crippen LogP contribution in [0.3, 0.4) is 0 Å². The lowest BCUT2D eigenvalue weighted by Gasteiger charge is -2.16. The normalized spacial score (nSPS) is 12.2. The monoisotopic (exact) mass is 265 g/mol. The molecule has 2 aromatic rings. The number of nitrogens with zero attached hydrogens (tertiary/aromatic N) is 2. The number of rotatable bonds is 5. The molecule has 0 aliphatic rings. The molecule has 1 unspecified atom stereocenters. The maximum absolute atomic E-state index is 5.27. The largest absolute Gasteiger partial charge is 0.497 e. The smallest absolute Gasteiger partial charge is 0.122 e. The van der Waals surface area contributed by atoms with E-state index in [0.29, 0.717) is 0 Å². The molecule has 0 aliphatic carbocycles. The second kappa shape index (κ2) is 5.79. The summed E-state index contributed by atoms with van der Waals surface area (Å²) in [6.07, 6.45) is 1.76. The topological polar surface area (TPSA) is 56.3 Å². The molecule has 0 fully saturated rings. The van der Waals surface area contributed by atoms with Crippen molar-refractivity contribution in [3.63, 3.8) is 0 Å². The van der Waals surface area contributed by atoms with Gasteiger partial charge in [-0.05, 0) is 36.3 Å². The van der Waals surface area contributed by atoms with E-state index in [2.05, 4.69) is 14.9 Å². The summed E-state index contributed by atoms with van der Waals surface area (Å²) in [6, 6.07) is 5.84. The third kappa shape index (κ3) is 2.60. The van der Waals surface area contributed by atoms with E-state index in [1.807, 2.05) is 25.2 Å². The van der Waals surface area contributed by atoms with Gasteiger partial charge in [-0.1, -0.05) is 4.49 Å². The van der Waals surface area contributed by atoms with Crippen molar-refractivity contribution in [3.05, 3.63) is 34.8 Å². The van der Waals surface area contributed by atoms with Crippen LogP contribution in [0, 0.1) is 0 Å². The Morgan fingerprint density at radius 2 is 1.83 bits per heavy atom.